The predicted octanol–water partition coefficient (Wildman–Crippen LogP) is 4.28. The zero-order valence-electron chi connectivity index (χ0n) is 13.3. The van der Waals surface area contributed by atoms with Crippen molar-refractivity contribution < 1.29 is 4.42 Å². The Kier molecular flexibility index (Phi) is 3.45. The second-order valence-electron chi connectivity index (χ2n) is 6.46. The molecule has 2 heterocycles. The van der Waals surface area contributed by atoms with Crippen LogP contribution in [-0.2, 0) is 13.0 Å². The molecule has 0 unspecified atom stereocenters. The maximum atomic E-state index is 5.91. The van der Waals surface area contributed by atoms with E-state index in [0.717, 1.165) is 46.3 Å². The number of anilines is 2. The molecule has 3 N–H and O–H groups in total. The molecule has 0 saturated heterocycles. The summed E-state index contributed by atoms with van der Waals surface area (Å²) in [5.41, 5.74) is 8.93. The van der Waals surface area contributed by atoms with Crippen molar-refractivity contribution in [2.24, 2.45) is 5.92 Å². The average molecular weight is 307 g/mol. The number of nitrogens with two attached hydrogens (primary N) is 1. The van der Waals surface area contributed by atoms with Crippen molar-refractivity contribution in [3.63, 3.8) is 0 Å². The number of hydrogen-bond donors (Lipinski definition) is 2. The Labute approximate surface area is 135 Å². The molecule has 0 atom stereocenters. The van der Waals surface area contributed by atoms with Crippen molar-refractivity contribution in [1.82, 2.24) is 4.98 Å². The standard InChI is InChI=1S/C19H21N3O/c1-12-2-6-17(23-12)11-21-19-15(8-13-3-4-13)9-14-10-16(20)5-7-18(14)22-19/h2,5-7,9-10,13H,3-4,8,11,20H2,1H3,(H,21,22). The van der Waals surface area contributed by atoms with Crippen LogP contribution in [-0.4, -0.2) is 4.98 Å². The zero-order chi connectivity index (χ0) is 15.8. The molecule has 0 spiro atoms. The highest BCUT2D eigenvalue weighted by Gasteiger charge is 2.23. The first-order valence-corrected chi connectivity index (χ1v) is 8.16. The Morgan fingerprint density at radius 3 is 2.83 bits per heavy atom. The SMILES string of the molecule is Cc1ccc(CNc2nc3ccc(N)cc3cc2CC2CC2)o1. The summed E-state index contributed by atoms with van der Waals surface area (Å²) >= 11 is 0. The van der Waals surface area contributed by atoms with Crippen molar-refractivity contribution >= 4 is 22.4 Å². The normalized spacial score (nSPS) is 14.3. The lowest BCUT2D eigenvalue weighted by molar-refractivity contribution is 0.490. The van der Waals surface area contributed by atoms with Crippen LogP contribution in [0.5, 0.6) is 0 Å². The summed E-state index contributed by atoms with van der Waals surface area (Å²) in [5.74, 6) is 3.63. The monoisotopic (exact) mass is 307 g/mol. The highest BCUT2D eigenvalue weighted by Crippen LogP contribution is 2.35. The topological polar surface area (TPSA) is 64.1 Å². The van der Waals surface area contributed by atoms with Gasteiger partial charge in [0.2, 0.25) is 0 Å². The summed E-state index contributed by atoms with van der Waals surface area (Å²) in [6.07, 6.45) is 3.73. The van der Waals surface area contributed by atoms with E-state index in [2.05, 4.69) is 11.4 Å². The number of fused-ring (bicyclic) bond motifs is 1. The molecule has 118 valence electrons. The van der Waals surface area contributed by atoms with E-state index in [4.69, 9.17) is 15.1 Å². The van der Waals surface area contributed by atoms with Crippen LogP contribution in [0.25, 0.3) is 10.9 Å². The first-order valence-electron chi connectivity index (χ1n) is 8.16. The number of pyridine rings is 1. The molecule has 1 fully saturated rings. The van der Waals surface area contributed by atoms with Gasteiger partial charge in [-0.3, -0.25) is 0 Å². The van der Waals surface area contributed by atoms with Gasteiger partial charge < -0.3 is 15.5 Å². The van der Waals surface area contributed by atoms with E-state index < -0.39 is 0 Å². The summed E-state index contributed by atoms with van der Waals surface area (Å²) in [7, 11) is 0. The van der Waals surface area contributed by atoms with Crippen molar-refractivity contribution in [1.29, 1.82) is 0 Å². The van der Waals surface area contributed by atoms with E-state index >= 15 is 0 Å². The van der Waals surface area contributed by atoms with E-state index in [1.165, 1.54) is 18.4 Å². The van der Waals surface area contributed by atoms with Gasteiger partial charge in [-0.25, -0.2) is 4.98 Å². The van der Waals surface area contributed by atoms with Crippen LogP contribution in [0.4, 0.5) is 11.5 Å². The molecule has 1 aromatic carbocycles. The lowest BCUT2D eigenvalue weighted by Crippen LogP contribution is -2.05. The van der Waals surface area contributed by atoms with Gasteiger partial charge in [-0.2, -0.15) is 0 Å². The van der Waals surface area contributed by atoms with E-state index in [0.29, 0.717) is 6.54 Å². The molecule has 1 aliphatic carbocycles. The van der Waals surface area contributed by atoms with Gasteiger partial charge in [-0.1, -0.05) is 0 Å². The van der Waals surface area contributed by atoms with Crippen molar-refractivity contribution in [3.8, 4) is 0 Å². The minimum Gasteiger partial charge on any atom is -0.465 e. The molecule has 1 saturated carbocycles. The molecule has 0 radical (unpaired) electrons. The highest BCUT2D eigenvalue weighted by atomic mass is 16.3. The van der Waals surface area contributed by atoms with E-state index in [-0.39, 0.29) is 0 Å². The number of nitrogens with zero attached hydrogens (tertiary/aromatic N) is 1. The van der Waals surface area contributed by atoms with Crippen LogP contribution in [0.2, 0.25) is 0 Å². The van der Waals surface area contributed by atoms with Gasteiger partial charge in [0.1, 0.15) is 17.3 Å². The molecule has 0 amide bonds. The third kappa shape index (κ3) is 3.16. The Bertz CT molecular complexity index is 849. The molecule has 3 aromatic rings. The maximum absolute atomic E-state index is 5.91. The van der Waals surface area contributed by atoms with Gasteiger partial charge in [0.15, 0.2) is 0 Å². The second-order valence-corrected chi connectivity index (χ2v) is 6.46. The fourth-order valence-electron chi connectivity index (χ4n) is 2.93. The molecule has 4 heteroatoms. The Hall–Kier alpha value is -2.49. The second kappa shape index (κ2) is 5.61. The van der Waals surface area contributed by atoms with Gasteiger partial charge in [0.05, 0.1) is 12.1 Å². The summed E-state index contributed by atoms with van der Waals surface area (Å²) < 4.78 is 5.63. The van der Waals surface area contributed by atoms with Crippen molar-refractivity contribution in [2.75, 3.05) is 11.1 Å². The van der Waals surface area contributed by atoms with E-state index in [1.54, 1.807) is 0 Å². The first kappa shape index (κ1) is 14.1. The van der Waals surface area contributed by atoms with Crippen molar-refractivity contribution in [2.45, 2.75) is 32.7 Å². The lowest BCUT2D eigenvalue weighted by atomic mass is 10.1. The fraction of sp³-hybridized carbons (Fsp3) is 0.316. The van der Waals surface area contributed by atoms with Crippen molar-refractivity contribution in [3.05, 3.63) is 53.5 Å². The van der Waals surface area contributed by atoms with E-state index in [1.807, 2.05) is 37.3 Å². The number of benzene rings is 1. The Balaban J connectivity index is 1.65. The predicted molar refractivity (Wildman–Crippen MR) is 93.4 cm³/mol. The van der Waals surface area contributed by atoms with Gasteiger partial charge in [0, 0.05) is 11.1 Å². The lowest BCUT2D eigenvalue weighted by Gasteiger charge is -2.12. The first-order chi connectivity index (χ1) is 11.2. The largest absolute Gasteiger partial charge is 0.465 e. The average Bonchev–Trinajstić information content (AvgIpc) is 3.25. The minimum absolute atomic E-state index is 0.652. The third-order valence-electron chi connectivity index (χ3n) is 4.35. The molecule has 4 rings (SSSR count). The smallest absolute Gasteiger partial charge is 0.130 e. The van der Waals surface area contributed by atoms with Crippen LogP contribution in [0.1, 0.15) is 29.9 Å². The fourth-order valence-corrected chi connectivity index (χ4v) is 2.93. The summed E-state index contributed by atoms with van der Waals surface area (Å²) in [6, 6.07) is 12.1. The van der Waals surface area contributed by atoms with Crippen LogP contribution in [0, 0.1) is 12.8 Å². The number of rotatable bonds is 5. The number of nitrogens with one attached hydrogen (secondary N) is 1. The quantitative estimate of drug-likeness (QED) is 0.690. The molecule has 0 aliphatic heterocycles. The number of aryl methyl sites for hydroxylation is 1. The summed E-state index contributed by atoms with van der Waals surface area (Å²) in [4.78, 5) is 4.81. The van der Waals surface area contributed by atoms with Gasteiger partial charge >= 0.3 is 0 Å². The molecular formula is C19H21N3O. The minimum atomic E-state index is 0.652. The molecule has 0 bridgehead atoms. The summed E-state index contributed by atoms with van der Waals surface area (Å²) in [5, 5.41) is 4.56. The summed E-state index contributed by atoms with van der Waals surface area (Å²) in [6.45, 7) is 2.61. The number of furan rings is 1. The molecule has 2 aromatic heterocycles. The Morgan fingerprint density at radius 1 is 1.22 bits per heavy atom. The number of hydrogen-bond acceptors (Lipinski definition) is 4. The van der Waals surface area contributed by atoms with Gasteiger partial charge in [-0.15, -0.1) is 0 Å². The zero-order valence-corrected chi connectivity index (χ0v) is 13.3. The highest BCUT2D eigenvalue weighted by molar-refractivity contribution is 5.84. The molecular weight excluding hydrogens is 286 g/mol. The Morgan fingerprint density at radius 2 is 2.09 bits per heavy atom. The molecule has 23 heavy (non-hydrogen) atoms. The third-order valence-corrected chi connectivity index (χ3v) is 4.35. The molecule has 4 nitrogen and oxygen atoms in total. The van der Waals surface area contributed by atoms with Crippen LogP contribution in [0.15, 0.2) is 40.8 Å². The number of nitrogen functional groups attached to an aromatic ring is 1. The maximum Gasteiger partial charge on any atom is 0.130 e. The number of aromatic nitrogens is 1. The molecule has 1 aliphatic rings. The van der Waals surface area contributed by atoms with E-state index in [9.17, 15) is 0 Å². The van der Waals surface area contributed by atoms with Crippen LogP contribution < -0.4 is 11.1 Å². The van der Waals surface area contributed by atoms with Gasteiger partial charge in [0.25, 0.3) is 0 Å². The van der Waals surface area contributed by atoms with Crippen LogP contribution in [0.3, 0.4) is 0 Å². The van der Waals surface area contributed by atoms with Crippen LogP contribution >= 0.6 is 0 Å². The van der Waals surface area contributed by atoms with Gasteiger partial charge in [-0.05, 0) is 74.1 Å².